The average molecular weight is 298 g/mol. The Morgan fingerprint density at radius 1 is 1.55 bits per heavy atom. The van der Waals surface area contributed by atoms with Crippen LogP contribution in [0.15, 0.2) is 4.52 Å². The van der Waals surface area contributed by atoms with Crippen LogP contribution >= 0.6 is 11.8 Å². The van der Waals surface area contributed by atoms with E-state index >= 15 is 0 Å². The largest absolute Gasteiger partial charge is 0.396 e. The molecule has 1 N–H and O–H groups in total. The number of carbonyl (C=O) groups is 1. The molecule has 1 aromatic heterocycles. The molecule has 5 nitrogen and oxygen atoms in total. The Balaban J connectivity index is 1.73. The van der Waals surface area contributed by atoms with Gasteiger partial charge in [-0.05, 0) is 32.6 Å². The first-order valence-corrected chi connectivity index (χ1v) is 8.15. The van der Waals surface area contributed by atoms with Crippen LogP contribution in [0.2, 0.25) is 0 Å². The van der Waals surface area contributed by atoms with Crippen LogP contribution in [0.25, 0.3) is 0 Å². The normalized spacial score (nSPS) is 18.8. The SMILES string of the molecule is Cc1noc(C)c1CSCC(=O)N1CCC(CCO)C1. The van der Waals surface area contributed by atoms with Crippen molar-refractivity contribution in [1.82, 2.24) is 10.1 Å². The molecule has 0 aromatic carbocycles. The maximum Gasteiger partial charge on any atom is 0.232 e. The highest BCUT2D eigenvalue weighted by Crippen LogP contribution is 2.22. The Morgan fingerprint density at radius 2 is 2.35 bits per heavy atom. The first-order valence-electron chi connectivity index (χ1n) is 7.00. The quantitative estimate of drug-likeness (QED) is 0.867. The third-order valence-corrected chi connectivity index (χ3v) is 4.77. The predicted molar refractivity (Wildman–Crippen MR) is 78.5 cm³/mol. The summed E-state index contributed by atoms with van der Waals surface area (Å²) < 4.78 is 5.11. The fourth-order valence-corrected chi connectivity index (χ4v) is 3.59. The predicted octanol–water partition coefficient (Wildman–Crippen LogP) is 1.76. The number of likely N-dealkylation sites (tertiary alicyclic amines) is 1. The third-order valence-electron chi connectivity index (χ3n) is 3.83. The van der Waals surface area contributed by atoms with Crippen molar-refractivity contribution in [2.45, 2.75) is 32.4 Å². The molecule has 1 unspecified atom stereocenters. The molecule has 1 aliphatic heterocycles. The van der Waals surface area contributed by atoms with E-state index in [0.29, 0.717) is 11.7 Å². The Bertz CT molecular complexity index is 442. The number of thioether (sulfide) groups is 1. The molecule has 1 fully saturated rings. The molecule has 0 saturated carbocycles. The second-order valence-corrected chi connectivity index (χ2v) is 6.29. The number of amides is 1. The van der Waals surface area contributed by atoms with Gasteiger partial charge in [-0.25, -0.2) is 0 Å². The number of carbonyl (C=O) groups excluding carboxylic acids is 1. The number of aryl methyl sites for hydroxylation is 2. The van der Waals surface area contributed by atoms with Crippen LogP contribution in [-0.4, -0.2) is 46.5 Å². The lowest BCUT2D eigenvalue weighted by molar-refractivity contribution is -0.127. The third kappa shape index (κ3) is 3.76. The second-order valence-electron chi connectivity index (χ2n) is 5.30. The van der Waals surface area contributed by atoms with E-state index in [2.05, 4.69) is 5.16 Å². The molecule has 1 aromatic rings. The van der Waals surface area contributed by atoms with Crippen LogP contribution in [0.3, 0.4) is 0 Å². The zero-order valence-electron chi connectivity index (χ0n) is 12.1. The van der Waals surface area contributed by atoms with Crippen molar-refractivity contribution in [3.8, 4) is 0 Å². The van der Waals surface area contributed by atoms with Gasteiger partial charge in [-0.15, -0.1) is 11.8 Å². The number of rotatable bonds is 6. The number of aliphatic hydroxyl groups excluding tert-OH is 1. The van der Waals surface area contributed by atoms with Gasteiger partial charge in [0.2, 0.25) is 5.91 Å². The van der Waals surface area contributed by atoms with Gasteiger partial charge in [0, 0.05) is 31.0 Å². The van der Waals surface area contributed by atoms with Crippen molar-refractivity contribution in [3.05, 3.63) is 17.0 Å². The molecule has 6 heteroatoms. The summed E-state index contributed by atoms with van der Waals surface area (Å²) in [7, 11) is 0. The van der Waals surface area contributed by atoms with Crippen molar-refractivity contribution in [3.63, 3.8) is 0 Å². The first-order chi connectivity index (χ1) is 9.61. The smallest absolute Gasteiger partial charge is 0.232 e. The van der Waals surface area contributed by atoms with Crippen LogP contribution in [0.1, 0.15) is 29.9 Å². The van der Waals surface area contributed by atoms with E-state index in [1.807, 2.05) is 18.7 Å². The van der Waals surface area contributed by atoms with Crippen molar-refractivity contribution >= 4 is 17.7 Å². The topological polar surface area (TPSA) is 66.6 Å². The molecule has 1 saturated heterocycles. The van der Waals surface area contributed by atoms with Crippen molar-refractivity contribution in [1.29, 1.82) is 0 Å². The molecule has 2 rings (SSSR count). The lowest BCUT2D eigenvalue weighted by Gasteiger charge is -2.16. The lowest BCUT2D eigenvalue weighted by atomic mass is 10.1. The number of hydrogen-bond acceptors (Lipinski definition) is 5. The summed E-state index contributed by atoms with van der Waals surface area (Å²) in [6.45, 7) is 5.67. The molecular weight excluding hydrogens is 276 g/mol. The summed E-state index contributed by atoms with van der Waals surface area (Å²) in [4.78, 5) is 14.0. The second kappa shape index (κ2) is 7.13. The maximum atomic E-state index is 12.1. The Morgan fingerprint density at radius 3 is 3.00 bits per heavy atom. The van der Waals surface area contributed by atoms with Crippen LogP contribution in [-0.2, 0) is 10.5 Å². The van der Waals surface area contributed by atoms with Crippen molar-refractivity contribution in [2.75, 3.05) is 25.4 Å². The monoisotopic (exact) mass is 298 g/mol. The zero-order valence-corrected chi connectivity index (χ0v) is 12.9. The van der Waals surface area contributed by atoms with E-state index in [1.165, 1.54) is 0 Å². The zero-order chi connectivity index (χ0) is 14.5. The molecular formula is C14H22N2O3S. The van der Waals surface area contributed by atoms with E-state index < -0.39 is 0 Å². The van der Waals surface area contributed by atoms with E-state index in [-0.39, 0.29) is 12.5 Å². The number of aliphatic hydroxyl groups is 1. The fraction of sp³-hybridized carbons (Fsp3) is 0.714. The van der Waals surface area contributed by atoms with Gasteiger partial charge >= 0.3 is 0 Å². The molecule has 2 heterocycles. The van der Waals surface area contributed by atoms with E-state index in [0.717, 1.165) is 48.7 Å². The number of nitrogens with zero attached hydrogens (tertiary/aromatic N) is 2. The minimum atomic E-state index is 0.196. The average Bonchev–Trinajstić information content (AvgIpc) is 3.00. The van der Waals surface area contributed by atoms with Crippen molar-refractivity contribution in [2.24, 2.45) is 5.92 Å². The maximum absolute atomic E-state index is 12.1. The molecule has 112 valence electrons. The molecule has 0 bridgehead atoms. The molecule has 1 atom stereocenters. The summed E-state index contributed by atoms with van der Waals surface area (Å²) >= 11 is 1.61. The first kappa shape index (κ1) is 15.4. The van der Waals surface area contributed by atoms with Gasteiger partial charge in [0.1, 0.15) is 5.76 Å². The van der Waals surface area contributed by atoms with Gasteiger partial charge in [0.15, 0.2) is 0 Å². The lowest BCUT2D eigenvalue weighted by Crippen LogP contribution is -2.30. The van der Waals surface area contributed by atoms with Crippen LogP contribution in [0, 0.1) is 19.8 Å². The van der Waals surface area contributed by atoms with Crippen molar-refractivity contribution < 1.29 is 14.4 Å². The molecule has 1 amide bonds. The Kier molecular flexibility index (Phi) is 5.48. The van der Waals surface area contributed by atoms with E-state index in [9.17, 15) is 4.79 Å². The fourth-order valence-electron chi connectivity index (χ4n) is 2.52. The van der Waals surface area contributed by atoms with Gasteiger partial charge in [-0.2, -0.15) is 0 Å². The van der Waals surface area contributed by atoms with Crippen LogP contribution in [0.4, 0.5) is 0 Å². The van der Waals surface area contributed by atoms with Gasteiger partial charge in [0.05, 0.1) is 11.4 Å². The molecule has 20 heavy (non-hydrogen) atoms. The molecule has 0 aliphatic carbocycles. The highest BCUT2D eigenvalue weighted by Gasteiger charge is 2.25. The highest BCUT2D eigenvalue weighted by molar-refractivity contribution is 7.99. The number of hydrogen-bond donors (Lipinski definition) is 1. The van der Waals surface area contributed by atoms with Gasteiger partial charge in [-0.1, -0.05) is 5.16 Å². The minimum absolute atomic E-state index is 0.196. The summed E-state index contributed by atoms with van der Waals surface area (Å²) in [5, 5.41) is 12.8. The summed E-state index contributed by atoms with van der Waals surface area (Å²) in [6.07, 6.45) is 1.82. The summed E-state index contributed by atoms with van der Waals surface area (Å²) in [5.41, 5.74) is 2.01. The highest BCUT2D eigenvalue weighted by atomic mass is 32.2. The number of aromatic nitrogens is 1. The molecule has 1 aliphatic rings. The van der Waals surface area contributed by atoms with Crippen LogP contribution < -0.4 is 0 Å². The minimum Gasteiger partial charge on any atom is -0.396 e. The van der Waals surface area contributed by atoms with E-state index in [4.69, 9.17) is 9.63 Å². The van der Waals surface area contributed by atoms with E-state index in [1.54, 1.807) is 11.8 Å². The molecule has 0 spiro atoms. The Hall–Kier alpha value is -1.01. The van der Waals surface area contributed by atoms with Crippen LogP contribution in [0.5, 0.6) is 0 Å². The molecule has 0 radical (unpaired) electrons. The summed E-state index contributed by atoms with van der Waals surface area (Å²) in [5.74, 6) is 2.77. The summed E-state index contributed by atoms with van der Waals surface area (Å²) in [6, 6.07) is 0. The van der Waals surface area contributed by atoms with Gasteiger partial charge < -0.3 is 14.5 Å². The van der Waals surface area contributed by atoms with Gasteiger partial charge in [-0.3, -0.25) is 4.79 Å². The Labute approximate surface area is 123 Å². The van der Waals surface area contributed by atoms with Gasteiger partial charge in [0.25, 0.3) is 0 Å². The standard InChI is InChI=1S/C14H22N2O3S/c1-10-13(11(2)19-15-10)8-20-9-14(18)16-5-3-12(7-16)4-6-17/h12,17H,3-9H2,1-2H3.